The topological polar surface area (TPSA) is 17.1 Å². The van der Waals surface area contributed by atoms with Crippen LogP contribution in [0, 0.1) is 0 Å². The number of benzene rings is 2. The molecule has 1 nitrogen and oxygen atoms in total. The molecule has 4 heteroatoms. The summed E-state index contributed by atoms with van der Waals surface area (Å²) in [5, 5.41) is 0.428. The van der Waals surface area contributed by atoms with Crippen LogP contribution in [0.3, 0.4) is 0 Å². The van der Waals surface area contributed by atoms with Crippen molar-refractivity contribution in [3.63, 3.8) is 0 Å². The molecule has 0 N–H and O–H groups in total. The minimum atomic E-state index is -0.494. The van der Waals surface area contributed by atoms with Gasteiger partial charge in [-0.25, -0.2) is 0 Å². The Morgan fingerprint density at radius 2 is 1.65 bits per heavy atom. The molecule has 17 heavy (non-hydrogen) atoms. The molecule has 0 radical (unpaired) electrons. The number of rotatable bonds is 2. The summed E-state index contributed by atoms with van der Waals surface area (Å²) in [6.45, 7) is 0. The van der Waals surface area contributed by atoms with Gasteiger partial charge in [0.2, 0.25) is 0 Å². The smallest absolute Gasteiger partial charge is 0.253 e. The van der Waals surface area contributed by atoms with E-state index in [1.54, 1.807) is 30.3 Å². The quantitative estimate of drug-likeness (QED) is 0.707. The first-order valence-corrected chi connectivity index (χ1v) is 5.97. The first kappa shape index (κ1) is 12.4. The maximum absolute atomic E-state index is 11.3. The molecular weight excluding hydrogens is 279 g/mol. The fourth-order valence-corrected chi connectivity index (χ4v) is 2.03. The predicted octanol–water partition coefficient (Wildman–Crippen LogP) is 5.04. The molecule has 0 aliphatic heterocycles. The second-order valence-electron chi connectivity index (χ2n) is 3.45. The van der Waals surface area contributed by atoms with Crippen molar-refractivity contribution in [2.24, 2.45) is 0 Å². The SMILES string of the molecule is O=C(Cl)c1ccccc1-c1ccc(Cl)c(Cl)c1. The second kappa shape index (κ2) is 5.09. The van der Waals surface area contributed by atoms with Gasteiger partial charge in [0.1, 0.15) is 0 Å². The monoisotopic (exact) mass is 284 g/mol. The number of carbonyl (C=O) groups excluding carboxylic acids is 1. The molecule has 0 heterocycles. The summed E-state index contributed by atoms with van der Waals surface area (Å²) in [5.74, 6) is 0. The van der Waals surface area contributed by atoms with Crippen molar-refractivity contribution < 1.29 is 4.79 Å². The summed E-state index contributed by atoms with van der Waals surface area (Å²) in [5.41, 5.74) is 2.00. The maximum atomic E-state index is 11.3. The molecule has 0 aliphatic carbocycles. The molecule has 0 saturated carbocycles. The fourth-order valence-electron chi connectivity index (χ4n) is 1.57. The average molecular weight is 286 g/mol. The van der Waals surface area contributed by atoms with Crippen LogP contribution in [0.1, 0.15) is 10.4 Å². The number of carbonyl (C=O) groups is 1. The highest BCUT2D eigenvalue weighted by molar-refractivity contribution is 6.68. The lowest BCUT2D eigenvalue weighted by atomic mass is 10.0. The van der Waals surface area contributed by atoms with Gasteiger partial charge < -0.3 is 0 Å². The molecule has 0 bridgehead atoms. The number of halogens is 3. The Kier molecular flexibility index (Phi) is 3.72. The van der Waals surface area contributed by atoms with E-state index in [2.05, 4.69) is 0 Å². The third-order valence-corrected chi connectivity index (χ3v) is 3.31. The van der Waals surface area contributed by atoms with Gasteiger partial charge in [0.15, 0.2) is 0 Å². The molecule has 2 aromatic rings. The van der Waals surface area contributed by atoms with Gasteiger partial charge in [-0.1, -0.05) is 47.5 Å². The van der Waals surface area contributed by atoms with Gasteiger partial charge in [-0.3, -0.25) is 4.79 Å². The fraction of sp³-hybridized carbons (Fsp3) is 0. The van der Waals surface area contributed by atoms with Gasteiger partial charge in [-0.15, -0.1) is 0 Å². The summed E-state index contributed by atoms with van der Waals surface area (Å²) in [4.78, 5) is 11.3. The van der Waals surface area contributed by atoms with Gasteiger partial charge >= 0.3 is 0 Å². The maximum Gasteiger partial charge on any atom is 0.253 e. The largest absolute Gasteiger partial charge is 0.276 e. The molecule has 2 rings (SSSR count). The molecule has 0 fully saturated rings. The summed E-state index contributed by atoms with van der Waals surface area (Å²) in [7, 11) is 0. The van der Waals surface area contributed by atoms with Crippen molar-refractivity contribution in [2.75, 3.05) is 0 Å². The standard InChI is InChI=1S/C13H7Cl3O/c14-11-6-5-8(7-12(11)15)9-3-1-2-4-10(9)13(16)17/h1-7H. The van der Waals surface area contributed by atoms with Crippen LogP contribution in [0.2, 0.25) is 10.0 Å². The van der Waals surface area contributed by atoms with Crippen LogP contribution in [-0.4, -0.2) is 5.24 Å². The lowest BCUT2D eigenvalue weighted by Crippen LogP contribution is -1.93. The van der Waals surface area contributed by atoms with Crippen molar-refractivity contribution in [3.8, 4) is 11.1 Å². The third kappa shape index (κ3) is 2.63. The molecule has 0 spiro atoms. The summed E-state index contributed by atoms with van der Waals surface area (Å²) >= 11 is 17.3. The van der Waals surface area contributed by atoms with Gasteiger partial charge in [-0.2, -0.15) is 0 Å². The van der Waals surface area contributed by atoms with Crippen molar-refractivity contribution in [3.05, 3.63) is 58.1 Å². The van der Waals surface area contributed by atoms with Crippen LogP contribution in [0.25, 0.3) is 11.1 Å². The lowest BCUT2D eigenvalue weighted by molar-refractivity contribution is 0.108. The van der Waals surface area contributed by atoms with E-state index in [0.717, 1.165) is 11.1 Å². The van der Waals surface area contributed by atoms with Crippen LogP contribution < -0.4 is 0 Å². The average Bonchev–Trinajstić information content (AvgIpc) is 2.32. The van der Waals surface area contributed by atoms with Gasteiger partial charge in [0.05, 0.1) is 10.0 Å². The minimum absolute atomic E-state index is 0.445. The first-order chi connectivity index (χ1) is 8.09. The number of hydrogen-bond acceptors (Lipinski definition) is 1. The van der Waals surface area contributed by atoms with Crippen LogP contribution >= 0.6 is 34.8 Å². The summed E-state index contributed by atoms with van der Waals surface area (Å²) in [6, 6.07) is 12.3. The Balaban J connectivity index is 2.60. The molecular formula is C13H7Cl3O. The minimum Gasteiger partial charge on any atom is -0.276 e. The second-order valence-corrected chi connectivity index (χ2v) is 4.61. The van der Waals surface area contributed by atoms with Crippen molar-refractivity contribution in [1.82, 2.24) is 0 Å². The molecule has 86 valence electrons. The molecule has 2 aromatic carbocycles. The Morgan fingerprint density at radius 1 is 0.941 bits per heavy atom. The van der Waals surface area contributed by atoms with Crippen LogP contribution in [0.15, 0.2) is 42.5 Å². The zero-order chi connectivity index (χ0) is 12.4. The number of hydrogen-bond donors (Lipinski definition) is 0. The van der Waals surface area contributed by atoms with E-state index in [4.69, 9.17) is 34.8 Å². The Hall–Kier alpha value is -1.02. The van der Waals surface area contributed by atoms with Gasteiger partial charge in [0, 0.05) is 5.56 Å². The summed E-state index contributed by atoms with van der Waals surface area (Å²) < 4.78 is 0. The van der Waals surface area contributed by atoms with Crippen LogP contribution in [0.5, 0.6) is 0 Å². The zero-order valence-electron chi connectivity index (χ0n) is 8.58. The molecule has 0 saturated heterocycles. The Bertz CT molecular complexity index is 579. The van der Waals surface area contributed by atoms with E-state index in [9.17, 15) is 4.79 Å². The highest BCUT2D eigenvalue weighted by atomic mass is 35.5. The van der Waals surface area contributed by atoms with Gasteiger partial charge in [0.25, 0.3) is 5.24 Å². The van der Waals surface area contributed by atoms with E-state index in [0.29, 0.717) is 15.6 Å². The molecule has 0 unspecified atom stereocenters. The van der Waals surface area contributed by atoms with E-state index in [1.807, 2.05) is 12.1 Å². The van der Waals surface area contributed by atoms with Crippen molar-refractivity contribution in [2.45, 2.75) is 0 Å². The molecule has 0 atom stereocenters. The van der Waals surface area contributed by atoms with Crippen LogP contribution in [-0.2, 0) is 0 Å². The van der Waals surface area contributed by atoms with E-state index < -0.39 is 5.24 Å². The predicted molar refractivity (Wildman–Crippen MR) is 72.1 cm³/mol. The molecule has 0 amide bonds. The molecule has 0 aliphatic rings. The Labute approximate surface area is 114 Å². The van der Waals surface area contributed by atoms with E-state index >= 15 is 0 Å². The first-order valence-electron chi connectivity index (χ1n) is 4.84. The zero-order valence-corrected chi connectivity index (χ0v) is 10.9. The highest BCUT2D eigenvalue weighted by Crippen LogP contribution is 2.30. The summed E-state index contributed by atoms with van der Waals surface area (Å²) in [6.07, 6.45) is 0. The van der Waals surface area contributed by atoms with Gasteiger partial charge in [-0.05, 0) is 40.9 Å². The highest BCUT2D eigenvalue weighted by Gasteiger charge is 2.10. The van der Waals surface area contributed by atoms with Crippen molar-refractivity contribution >= 4 is 40.0 Å². The Morgan fingerprint density at radius 3 is 2.29 bits per heavy atom. The van der Waals surface area contributed by atoms with Crippen LogP contribution in [0.4, 0.5) is 0 Å². The molecule has 0 aromatic heterocycles. The normalized spacial score (nSPS) is 10.3. The van der Waals surface area contributed by atoms with E-state index in [1.165, 1.54) is 0 Å². The van der Waals surface area contributed by atoms with Crippen molar-refractivity contribution in [1.29, 1.82) is 0 Å². The van der Waals surface area contributed by atoms with E-state index in [-0.39, 0.29) is 0 Å². The lowest BCUT2D eigenvalue weighted by Gasteiger charge is -2.07. The third-order valence-electron chi connectivity index (χ3n) is 2.37.